The van der Waals surface area contributed by atoms with Crippen LogP contribution >= 0.6 is 11.6 Å². The number of allylic oxidation sites excluding steroid dienone is 5. The lowest BCUT2D eigenvalue weighted by molar-refractivity contribution is -0.145. The molecule has 1 aliphatic carbocycles. The van der Waals surface area contributed by atoms with Crippen LogP contribution in [0.4, 0.5) is 20.4 Å². The molecular weight excluding hydrogens is 578 g/mol. The Morgan fingerprint density at radius 3 is 2.53 bits per heavy atom. The number of benzene rings is 2. The average Bonchev–Trinajstić information content (AvgIpc) is 3.16. The van der Waals surface area contributed by atoms with Crippen LogP contribution in [0.15, 0.2) is 77.6 Å². The lowest BCUT2D eigenvalue weighted by atomic mass is 9.84. The first-order chi connectivity index (χ1) is 20.8. The van der Waals surface area contributed by atoms with E-state index in [1.807, 2.05) is 6.08 Å². The van der Waals surface area contributed by atoms with Crippen LogP contribution < -0.4 is 16.4 Å². The topological polar surface area (TPSA) is 132 Å². The third-order valence-corrected chi connectivity index (χ3v) is 6.98. The Balaban J connectivity index is 1.36. The Hall–Kier alpha value is -4.74. The Morgan fingerprint density at radius 1 is 1.09 bits per heavy atom. The highest BCUT2D eigenvalue weighted by molar-refractivity contribution is 6.69. The second-order valence-electron chi connectivity index (χ2n) is 9.60. The maximum absolute atomic E-state index is 14.8. The summed E-state index contributed by atoms with van der Waals surface area (Å²) in [5, 5.41) is 5.83. The van der Waals surface area contributed by atoms with Crippen molar-refractivity contribution < 1.29 is 23.1 Å². The molecule has 0 unspecified atom stereocenters. The molecule has 1 atom stereocenters. The molecule has 1 amide bonds. The summed E-state index contributed by atoms with van der Waals surface area (Å²) in [6, 6.07) is 9.35. The minimum Gasteiger partial charge on any atom is -0.464 e. The lowest BCUT2D eigenvalue weighted by Crippen LogP contribution is -2.43. The molecule has 0 saturated carbocycles. The van der Waals surface area contributed by atoms with E-state index in [9.17, 15) is 18.4 Å². The van der Waals surface area contributed by atoms with E-state index in [0.29, 0.717) is 34.5 Å². The van der Waals surface area contributed by atoms with E-state index >= 15 is 0 Å². The van der Waals surface area contributed by atoms with E-state index in [1.54, 1.807) is 37.4 Å². The standard InChI is InChI=1S/C31H27ClF2N6O3/c1-2-43-30(42)25(12-13-35)39-29(41)17-6-9-19(10-7-17)38-31-37-15-18-8-11-20-21(27-23(33)4-3-5-24(27)34)14-26(32)36-16-22(20)28(18)40-31/h3-7,9-11,14-16,25H,2,8,12-13,35H2,1H3,(H,39,41)(H,37,38,40)/t25-/m1/s1. The van der Waals surface area contributed by atoms with Gasteiger partial charge in [0, 0.05) is 34.8 Å². The zero-order valence-corrected chi connectivity index (χ0v) is 23.8. The molecule has 0 saturated heterocycles. The van der Waals surface area contributed by atoms with Crippen LogP contribution in [0.2, 0.25) is 0 Å². The summed E-state index contributed by atoms with van der Waals surface area (Å²) in [7, 11) is 0. The van der Waals surface area contributed by atoms with E-state index in [-0.39, 0.29) is 41.8 Å². The maximum atomic E-state index is 14.8. The summed E-state index contributed by atoms with van der Waals surface area (Å²) in [4.78, 5) is 38.2. The molecule has 3 aromatic rings. The molecule has 0 spiro atoms. The molecule has 12 heteroatoms. The van der Waals surface area contributed by atoms with Gasteiger partial charge < -0.3 is 21.1 Å². The lowest BCUT2D eigenvalue weighted by Gasteiger charge is -2.22. The second kappa shape index (κ2) is 13.1. The van der Waals surface area contributed by atoms with Crippen molar-refractivity contribution in [3.63, 3.8) is 0 Å². The van der Waals surface area contributed by atoms with Gasteiger partial charge >= 0.3 is 5.97 Å². The van der Waals surface area contributed by atoms with E-state index in [1.165, 1.54) is 30.5 Å². The fourth-order valence-electron chi connectivity index (χ4n) is 4.74. The van der Waals surface area contributed by atoms with E-state index in [0.717, 1.165) is 5.56 Å². The first kappa shape index (κ1) is 29.7. The van der Waals surface area contributed by atoms with Gasteiger partial charge in [0.05, 0.1) is 17.9 Å². The monoisotopic (exact) mass is 604 g/mol. The smallest absolute Gasteiger partial charge is 0.328 e. The molecule has 2 aliphatic rings. The molecule has 220 valence electrons. The second-order valence-corrected chi connectivity index (χ2v) is 9.98. The molecule has 2 heterocycles. The number of aromatic nitrogens is 2. The summed E-state index contributed by atoms with van der Waals surface area (Å²) in [6.45, 7) is 2.09. The van der Waals surface area contributed by atoms with E-state index < -0.39 is 29.6 Å². The van der Waals surface area contributed by atoms with Gasteiger partial charge in [0.15, 0.2) is 0 Å². The van der Waals surface area contributed by atoms with Crippen molar-refractivity contribution in [1.29, 1.82) is 0 Å². The third-order valence-electron chi connectivity index (χ3n) is 6.77. The molecular formula is C31H27ClF2N6O3. The molecule has 9 nitrogen and oxygen atoms in total. The van der Waals surface area contributed by atoms with Gasteiger partial charge in [-0.2, -0.15) is 0 Å². The molecule has 0 fully saturated rings. The van der Waals surface area contributed by atoms with E-state index in [4.69, 9.17) is 22.1 Å². The summed E-state index contributed by atoms with van der Waals surface area (Å²) in [5.74, 6) is -2.17. The molecule has 1 aromatic heterocycles. The van der Waals surface area contributed by atoms with Crippen molar-refractivity contribution in [2.24, 2.45) is 10.7 Å². The number of hydrogen-bond donors (Lipinski definition) is 3. The largest absolute Gasteiger partial charge is 0.464 e. The number of fused-ring (bicyclic) bond motifs is 3. The number of nitrogens with two attached hydrogens (primary N) is 1. The summed E-state index contributed by atoms with van der Waals surface area (Å²) in [5.41, 5.74) is 8.98. The highest BCUT2D eigenvalue weighted by Crippen LogP contribution is 2.41. The van der Waals surface area contributed by atoms with E-state index in [2.05, 4.69) is 25.6 Å². The van der Waals surface area contributed by atoms with Crippen LogP contribution in [-0.2, 0) is 16.0 Å². The number of hydrogen-bond acceptors (Lipinski definition) is 8. The maximum Gasteiger partial charge on any atom is 0.328 e. The van der Waals surface area contributed by atoms with Crippen LogP contribution in [0, 0.1) is 11.6 Å². The van der Waals surface area contributed by atoms with Crippen molar-refractivity contribution in [3.8, 4) is 0 Å². The number of aliphatic imine (C=N–C) groups is 1. The molecule has 0 bridgehead atoms. The normalized spacial score (nSPS) is 14.5. The number of amides is 1. The van der Waals surface area contributed by atoms with Gasteiger partial charge in [-0.05, 0) is 79.9 Å². The number of nitrogens with one attached hydrogen (secondary N) is 2. The Labute approximate surface area is 251 Å². The summed E-state index contributed by atoms with van der Waals surface area (Å²) < 4.78 is 34.6. The fraction of sp³-hybridized carbons (Fsp3) is 0.194. The third kappa shape index (κ3) is 6.52. The van der Waals surface area contributed by atoms with Gasteiger partial charge in [-0.25, -0.2) is 28.5 Å². The summed E-state index contributed by atoms with van der Waals surface area (Å²) >= 11 is 6.26. The van der Waals surface area contributed by atoms with Gasteiger partial charge in [-0.3, -0.25) is 4.79 Å². The van der Waals surface area contributed by atoms with Gasteiger partial charge in [-0.1, -0.05) is 23.7 Å². The van der Waals surface area contributed by atoms with Crippen LogP contribution in [0.5, 0.6) is 0 Å². The highest BCUT2D eigenvalue weighted by atomic mass is 35.5. The number of carbonyl (C=O) groups is 2. The molecule has 2 aromatic carbocycles. The zero-order chi connectivity index (χ0) is 30.5. The first-order valence-electron chi connectivity index (χ1n) is 13.5. The van der Waals surface area contributed by atoms with Crippen molar-refractivity contribution in [3.05, 3.63) is 107 Å². The molecule has 43 heavy (non-hydrogen) atoms. The van der Waals surface area contributed by atoms with Gasteiger partial charge in [0.2, 0.25) is 5.95 Å². The van der Waals surface area contributed by atoms with Gasteiger partial charge in [0.1, 0.15) is 22.8 Å². The van der Waals surface area contributed by atoms with Crippen LogP contribution in [-0.4, -0.2) is 46.2 Å². The van der Waals surface area contributed by atoms with Gasteiger partial charge in [0.25, 0.3) is 5.91 Å². The van der Waals surface area contributed by atoms with Gasteiger partial charge in [-0.15, -0.1) is 0 Å². The number of halogens is 3. The molecule has 5 rings (SSSR count). The van der Waals surface area contributed by atoms with Crippen LogP contribution in [0.3, 0.4) is 0 Å². The molecule has 0 radical (unpaired) electrons. The number of carbonyl (C=O) groups excluding carboxylic acids is 2. The predicted molar refractivity (Wildman–Crippen MR) is 161 cm³/mol. The van der Waals surface area contributed by atoms with Crippen molar-refractivity contribution >= 4 is 51.4 Å². The fourth-order valence-corrected chi connectivity index (χ4v) is 4.90. The molecule has 4 N–H and O–H groups in total. The number of ether oxygens (including phenoxy) is 1. The number of anilines is 2. The van der Waals surface area contributed by atoms with Crippen LogP contribution in [0.25, 0.3) is 11.1 Å². The van der Waals surface area contributed by atoms with Crippen molar-refractivity contribution in [1.82, 2.24) is 15.3 Å². The Kier molecular flexibility index (Phi) is 9.03. The van der Waals surface area contributed by atoms with Crippen LogP contribution in [0.1, 0.15) is 40.5 Å². The van der Waals surface area contributed by atoms with Crippen molar-refractivity contribution in [2.45, 2.75) is 25.8 Å². The Bertz CT molecular complexity index is 1680. The minimum absolute atomic E-state index is 0.0649. The quantitative estimate of drug-likeness (QED) is 0.291. The number of esters is 1. The summed E-state index contributed by atoms with van der Waals surface area (Å²) in [6.07, 6.45) is 7.14. The number of rotatable bonds is 9. The molecule has 1 aliphatic heterocycles. The zero-order valence-electron chi connectivity index (χ0n) is 23.0. The number of nitrogens with zero attached hydrogens (tertiary/aromatic N) is 3. The highest BCUT2D eigenvalue weighted by Gasteiger charge is 2.28. The minimum atomic E-state index is -0.846. The predicted octanol–water partition coefficient (Wildman–Crippen LogP) is 5.07. The average molecular weight is 605 g/mol. The SMILES string of the molecule is CCOC(=O)[C@@H](CCN)NC(=O)c1ccc(Nc2ncc3c(n2)C2=CN=C(Cl)C=C(c4c(F)cccc4F)C2=CC3)cc1. The van der Waals surface area contributed by atoms with Crippen molar-refractivity contribution in [2.75, 3.05) is 18.5 Å². The first-order valence-corrected chi connectivity index (χ1v) is 13.9. The Morgan fingerprint density at radius 2 is 1.84 bits per heavy atom.